The molecule has 1 aromatic carbocycles. The van der Waals surface area contributed by atoms with E-state index < -0.39 is 0 Å². The van der Waals surface area contributed by atoms with Crippen molar-refractivity contribution in [2.45, 2.75) is 19.4 Å². The summed E-state index contributed by atoms with van der Waals surface area (Å²) >= 11 is 0. The molecule has 0 aromatic heterocycles. The van der Waals surface area contributed by atoms with Crippen molar-refractivity contribution >= 4 is 11.4 Å². The lowest BCUT2D eigenvalue weighted by molar-refractivity contribution is 0.0344. The molecule has 0 aliphatic heterocycles. The summed E-state index contributed by atoms with van der Waals surface area (Å²) in [5, 5.41) is 12.0. The van der Waals surface area contributed by atoms with Crippen molar-refractivity contribution in [2.24, 2.45) is 0 Å². The van der Waals surface area contributed by atoms with Crippen LogP contribution in [0.3, 0.4) is 0 Å². The van der Waals surface area contributed by atoms with E-state index in [1.54, 1.807) is 25.3 Å². The van der Waals surface area contributed by atoms with Crippen molar-refractivity contribution in [1.29, 1.82) is 5.26 Å². The molecule has 4 heteroatoms. The molecule has 0 aliphatic carbocycles. The van der Waals surface area contributed by atoms with Crippen LogP contribution in [0.15, 0.2) is 18.2 Å². The quantitative estimate of drug-likeness (QED) is 0.759. The average molecular weight is 219 g/mol. The Morgan fingerprint density at radius 1 is 1.50 bits per heavy atom. The van der Waals surface area contributed by atoms with E-state index in [0.29, 0.717) is 17.8 Å². The number of ether oxygens (including phenoxy) is 1. The van der Waals surface area contributed by atoms with E-state index in [0.717, 1.165) is 5.69 Å². The molecule has 4 nitrogen and oxygen atoms in total. The van der Waals surface area contributed by atoms with Gasteiger partial charge in [0, 0.05) is 13.7 Å². The SMILES string of the molecule is COC(C)(C)CNc1cc(C#N)ccc1N. The Kier molecular flexibility index (Phi) is 3.75. The highest BCUT2D eigenvalue weighted by molar-refractivity contribution is 5.68. The van der Waals surface area contributed by atoms with Crippen molar-refractivity contribution in [3.8, 4) is 6.07 Å². The number of nitrogen functional groups attached to an aromatic ring is 1. The van der Waals surface area contributed by atoms with E-state index >= 15 is 0 Å². The van der Waals surface area contributed by atoms with Gasteiger partial charge in [-0.15, -0.1) is 0 Å². The van der Waals surface area contributed by atoms with E-state index in [1.807, 2.05) is 13.8 Å². The monoisotopic (exact) mass is 219 g/mol. The number of hydrogen-bond donors (Lipinski definition) is 2. The third kappa shape index (κ3) is 3.14. The molecular weight excluding hydrogens is 202 g/mol. The van der Waals surface area contributed by atoms with E-state index in [1.165, 1.54) is 0 Å². The van der Waals surface area contributed by atoms with Crippen LogP contribution in [0.5, 0.6) is 0 Å². The van der Waals surface area contributed by atoms with Crippen molar-refractivity contribution < 1.29 is 4.74 Å². The standard InChI is InChI=1S/C12H17N3O/c1-12(2,16-3)8-15-11-6-9(7-13)4-5-10(11)14/h4-6,15H,8,14H2,1-3H3. The second-order valence-corrected chi connectivity index (χ2v) is 4.23. The molecule has 86 valence electrons. The number of hydrogen-bond acceptors (Lipinski definition) is 4. The highest BCUT2D eigenvalue weighted by Crippen LogP contribution is 2.20. The molecule has 0 amide bonds. The van der Waals surface area contributed by atoms with Gasteiger partial charge in [-0.1, -0.05) is 0 Å². The highest BCUT2D eigenvalue weighted by atomic mass is 16.5. The summed E-state index contributed by atoms with van der Waals surface area (Å²) in [4.78, 5) is 0. The maximum Gasteiger partial charge on any atom is 0.0992 e. The van der Waals surface area contributed by atoms with Crippen molar-refractivity contribution in [3.63, 3.8) is 0 Å². The minimum atomic E-state index is -0.269. The molecule has 0 bridgehead atoms. The van der Waals surface area contributed by atoms with Crippen LogP contribution < -0.4 is 11.1 Å². The maximum absolute atomic E-state index is 8.78. The number of nitrogens with zero attached hydrogens (tertiary/aromatic N) is 1. The van der Waals surface area contributed by atoms with Gasteiger partial charge in [0.25, 0.3) is 0 Å². The van der Waals surface area contributed by atoms with Crippen LogP contribution in [-0.2, 0) is 4.74 Å². The fourth-order valence-electron chi connectivity index (χ4n) is 1.16. The maximum atomic E-state index is 8.78. The predicted octanol–water partition coefficient (Wildman–Crippen LogP) is 1.98. The molecule has 0 heterocycles. The van der Waals surface area contributed by atoms with E-state index in [2.05, 4.69) is 11.4 Å². The summed E-state index contributed by atoms with van der Waals surface area (Å²) in [7, 11) is 1.66. The first-order chi connectivity index (χ1) is 7.48. The van der Waals surface area contributed by atoms with E-state index in [9.17, 15) is 0 Å². The summed E-state index contributed by atoms with van der Waals surface area (Å²) in [6.45, 7) is 4.58. The van der Waals surface area contributed by atoms with Crippen LogP contribution in [0.25, 0.3) is 0 Å². The summed E-state index contributed by atoms with van der Waals surface area (Å²) in [5.41, 5.74) is 7.52. The van der Waals surface area contributed by atoms with Gasteiger partial charge in [-0.05, 0) is 32.0 Å². The second-order valence-electron chi connectivity index (χ2n) is 4.23. The molecule has 0 fully saturated rings. The molecular formula is C12H17N3O. The molecule has 0 saturated carbocycles. The first kappa shape index (κ1) is 12.3. The molecule has 0 radical (unpaired) electrons. The number of anilines is 2. The normalized spacial score (nSPS) is 10.9. The Labute approximate surface area is 96.0 Å². The lowest BCUT2D eigenvalue weighted by Gasteiger charge is -2.24. The van der Waals surface area contributed by atoms with Gasteiger partial charge in [0.05, 0.1) is 28.6 Å². The van der Waals surface area contributed by atoms with Crippen molar-refractivity contribution in [2.75, 3.05) is 24.7 Å². The van der Waals surface area contributed by atoms with Gasteiger partial charge >= 0.3 is 0 Å². The third-order valence-electron chi connectivity index (χ3n) is 2.44. The molecule has 0 unspecified atom stereocenters. The van der Waals surface area contributed by atoms with Crippen LogP contribution in [0, 0.1) is 11.3 Å². The largest absolute Gasteiger partial charge is 0.397 e. The zero-order valence-corrected chi connectivity index (χ0v) is 9.87. The van der Waals surface area contributed by atoms with Gasteiger partial charge in [-0.25, -0.2) is 0 Å². The Bertz CT molecular complexity index is 407. The van der Waals surface area contributed by atoms with Crippen LogP contribution in [0.4, 0.5) is 11.4 Å². The van der Waals surface area contributed by atoms with Crippen LogP contribution in [-0.4, -0.2) is 19.3 Å². The number of nitrogens with two attached hydrogens (primary N) is 1. The highest BCUT2D eigenvalue weighted by Gasteiger charge is 2.16. The number of nitriles is 1. The molecule has 0 aliphatic rings. The molecule has 1 rings (SSSR count). The average Bonchev–Trinajstić information content (AvgIpc) is 2.28. The van der Waals surface area contributed by atoms with Crippen molar-refractivity contribution in [1.82, 2.24) is 0 Å². The second kappa shape index (κ2) is 4.86. The molecule has 3 N–H and O–H groups in total. The van der Waals surface area contributed by atoms with Gasteiger partial charge in [0.1, 0.15) is 0 Å². The fourth-order valence-corrected chi connectivity index (χ4v) is 1.16. The number of benzene rings is 1. The molecule has 16 heavy (non-hydrogen) atoms. The van der Waals surface area contributed by atoms with E-state index in [-0.39, 0.29) is 5.60 Å². The number of nitrogens with one attached hydrogen (secondary N) is 1. The summed E-state index contributed by atoms with van der Waals surface area (Å²) in [5.74, 6) is 0. The topological polar surface area (TPSA) is 71.1 Å². The van der Waals surface area contributed by atoms with Crippen LogP contribution >= 0.6 is 0 Å². The van der Waals surface area contributed by atoms with Gasteiger partial charge in [0.15, 0.2) is 0 Å². The lowest BCUT2D eigenvalue weighted by atomic mass is 10.1. The fraction of sp³-hybridized carbons (Fsp3) is 0.417. The van der Waals surface area contributed by atoms with Crippen molar-refractivity contribution in [3.05, 3.63) is 23.8 Å². The van der Waals surface area contributed by atoms with Gasteiger partial charge in [-0.2, -0.15) is 5.26 Å². The van der Waals surface area contributed by atoms with Crippen LogP contribution in [0.2, 0.25) is 0 Å². The zero-order valence-electron chi connectivity index (χ0n) is 9.87. The minimum Gasteiger partial charge on any atom is -0.397 e. The molecule has 0 atom stereocenters. The minimum absolute atomic E-state index is 0.269. The Morgan fingerprint density at radius 2 is 2.19 bits per heavy atom. The molecule has 1 aromatic rings. The number of rotatable bonds is 4. The predicted molar refractivity (Wildman–Crippen MR) is 65.1 cm³/mol. The smallest absolute Gasteiger partial charge is 0.0992 e. The molecule has 0 spiro atoms. The first-order valence-electron chi connectivity index (χ1n) is 5.07. The number of methoxy groups -OCH3 is 1. The zero-order chi connectivity index (χ0) is 12.2. The van der Waals surface area contributed by atoms with Crippen LogP contribution in [0.1, 0.15) is 19.4 Å². The van der Waals surface area contributed by atoms with E-state index in [4.69, 9.17) is 15.7 Å². The van der Waals surface area contributed by atoms with Gasteiger partial charge < -0.3 is 15.8 Å². The first-order valence-corrected chi connectivity index (χ1v) is 5.07. The third-order valence-corrected chi connectivity index (χ3v) is 2.44. The Hall–Kier alpha value is -1.73. The Morgan fingerprint density at radius 3 is 2.75 bits per heavy atom. The lowest BCUT2D eigenvalue weighted by Crippen LogP contribution is -2.32. The van der Waals surface area contributed by atoms with Gasteiger partial charge in [-0.3, -0.25) is 0 Å². The summed E-state index contributed by atoms with van der Waals surface area (Å²) in [6, 6.07) is 7.24. The van der Waals surface area contributed by atoms with Gasteiger partial charge in [0.2, 0.25) is 0 Å². The summed E-state index contributed by atoms with van der Waals surface area (Å²) in [6.07, 6.45) is 0. The summed E-state index contributed by atoms with van der Waals surface area (Å²) < 4.78 is 5.29. The Balaban J connectivity index is 2.78. The molecule has 0 saturated heterocycles.